The van der Waals surface area contributed by atoms with E-state index in [9.17, 15) is 14.4 Å². The van der Waals surface area contributed by atoms with Crippen LogP contribution in [0.15, 0.2) is 18.2 Å². The van der Waals surface area contributed by atoms with E-state index in [1.807, 2.05) is 22.6 Å². The molecule has 0 heterocycles. The van der Waals surface area contributed by atoms with E-state index in [0.29, 0.717) is 12.2 Å². The van der Waals surface area contributed by atoms with E-state index in [1.54, 1.807) is 18.2 Å². The lowest BCUT2D eigenvalue weighted by Crippen LogP contribution is -2.42. The lowest BCUT2D eigenvalue weighted by Gasteiger charge is -2.16. The van der Waals surface area contributed by atoms with Crippen molar-refractivity contribution < 1.29 is 23.9 Å². The minimum absolute atomic E-state index is 0.294. The third kappa shape index (κ3) is 5.70. The zero-order valence-electron chi connectivity index (χ0n) is 11.9. The molecule has 1 aromatic carbocycles. The van der Waals surface area contributed by atoms with E-state index in [-0.39, 0.29) is 5.91 Å². The summed E-state index contributed by atoms with van der Waals surface area (Å²) in [6, 6.07) is 4.43. The number of hydrogen-bond acceptors (Lipinski definition) is 5. The summed E-state index contributed by atoms with van der Waals surface area (Å²) in [5, 5.41) is 2.54. The van der Waals surface area contributed by atoms with Gasteiger partial charge in [0, 0.05) is 20.3 Å². The highest BCUT2D eigenvalue weighted by atomic mass is 127. The highest BCUT2D eigenvalue weighted by Gasteiger charge is 2.21. The molecule has 6 nitrogen and oxygen atoms in total. The summed E-state index contributed by atoms with van der Waals surface area (Å²) < 4.78 is 10.4. The molecular formula is C14H16INO5. The molecule has 0 unspecified atom stereocenters. The molecule has 1 amide bonds. The zero-order valence-corrected chi connectivity index (χ0v) is 14.1. The van der Waals surface area contributed by atoms with E-state index >= 15 is 0 Å². The van der Waals surface area contributed by atoms with Gasteiger partial charge in [-0.25, -0.2) is 4.79 Å². The second-order valence-electron chi connectivity index (χ2n) is 4.34. The van der Waals surface area contributed by atoms with Gasteiger partial charge in [0.25, 0.3) is 0 Å². The summed E-state index contributed by atoms with van der Waals surface area (Å²) in [6.45, 7) is 2.66. The molecule has 0 radical (unpaired) electrons. The molecule has 0 saturated heterocycles. The molecule has 1 atom stereocenters. The van der Waals surface area contributed by atoms with Gasteiger partial charge >= 0.3 is 11.9 Å². The predicted octanol–water partition coefficient (Wildman–Crippen LogP) is 1.44. The van der Waals surface area contributed by atoms with Gasteiger partial charge in [-0.15, -0.1) is 0 Å². The predicted molar refractivity (Wildman–Crippen MR) is 83.8 cm³/mol. The number of carbonyl (C=O) groups is 3. The summed E-state index contributed by atoms with van der Waals surface area (Å²) in [5.41, 5.74) is 0.819. The smallest absolute Gasteiger partial charge is 0.328 e. The van der Waals surface area contributed by atoms with Gasteiger partial charge in [0.05, 0.1) is 10.7 Å². The SMILES string of the molecule is COC(=O)[C@H](Cc1ccc(OC(C)=O)c(I)c1)NC(C)=O. The second kappa shape index (κ2) is 7.96. The molecule has 21 heavy (non-hydrogen) atoms. The van der Waals surface area contributed by atoms with Gasteiger partial charge in [-0.1, -0.05) is 6.07 Å². The zero-order chi connectivity index (χ0) is 16.0. The number of hydrogen-bond donors (Lipinski definition) is 1. The van der Waals surface area contributed by atoms with Gasteiger partial charge in [0.2, 0.25) is 5.91 Å². The Morgan fingerprint density at radius 2 is 1.95 bits per heavy atom. The molecule has 0 bridgehead atoms. The summed E-state index contributed by atoms with van der Waals surface area (Å²) in [5.74, 6) is -0.756. The first-order chi connectivity index (χ1) is 9.83. The fourth-order valence-corrected chi connectivity index (χ4v) is 2.42. The number of methoxy groups -OCH3 is 1. The van der Waals surface area contributed by atoms with Crippen LogP contribution in [0, 0.1) is 3.57 Å². The number of amides is 1. The van der Waals surface area contributed by atoms with Crippen LogP contribution in [-0.2, 0) is 25.5 Å². The van der Waals surface area contributed by atoms with Crippen molar-refractivity contribution in [3.63, 3.8) is 0 Å². The average Bonchev–Trinajstić information content (AvgIpc) is 2.39. The molecular weight excluding hydrogens is 389 g/mol. The molecule has 1 rings (SSSR count). The lowest BCUT2D eigenvalue weighted by atomic mass is 10.1. The van der Waals surface area contributed by atoms with Gasteiger partial charge in [0.1, 0.15) is 11.8 Å². The number of esters is 2. The highest BCUT2D eigenvalue weighted by molar-refractivity contribution is 14.1. The van der Waals surface area contributed by atoms with Gasteiger partial charge in [-0.2, -0.15) is 0 Å². The van der Waals surface area contributed by atoms with Gasteiger partial charge in [-0.05, 0) is 40.3 Å². The maximum atomic E-state index is 11.6. The van der Waals surface area contributed by atoms with Crippen molar-refractivity contribution in [3.05, 3.63) is 27.3 Å². The van der Waals surface area contributed by atoms with Gasteiger partial charge < -0.3 is 14.8 Å². The Morgan fingerprint density at radius 3 is 2.43 bits per heavy atom. The third-order valence-electron chi connectivity index (χ3n) is 2.55. The molecule has 114 valence electrons. The molecule has 1 N–H and O–H groups in total. The van der Waals surface area contributed by atoms with E-state index < -0.39 is 18.0 Å². The molecule has 0 aromatic heterocycles. The maximum Gasteiger partial charge on any atom is 0.328 e. The quantitative estimate of drug-likeness (QED) is 0.456. The van der Waals surface area contributed by atoms with E-state index in [4.69, 9.17) is 4.74 Å². The second-order valence-corrected chi connectivity index (χ2v) is 5.50. The minimum atomic E-state index is -0.747. The summed E-state index contributed by atoms with van der Waals surface area (Å²) >= 11 is 2.04. The van der Waals surface area contributed by atoms with Gasteiger partial charge in [0.15, 0.2) is 0 Å². The number of carbonyl (C=O) groups excluding carboxylic acids is 3. The van der Waals surface area contributed by atoms with Crippen LogP contribution >= 0.6 is 22.6 Å². The molecule has 0 aliphatic rings. The Labute approximate surface area is 136 Å². The van der Waals surface area contributed by atoms with Crippen molar-refractivity contribution in [1.29, 1.82) is 0 Å². The first-order valence-corrected chi connectivity index (χ1v) is 7.23. The van der Waals surface area contributed by atoms with Crippen LogP contribution in [-0.4, -0.2) is 31.0 Å². The Kier molecular flexibility index (Phi) is 6.60. The van der Waals surface area contributed by atoms with Crippen molar-refractivity contribution >= 4 is 40.4 Å². The van der Waals surface area contributed by atoms with E-state index in [2.05, 4.69) is 10.1 Å². The first kappa shape index (κ1) is 17.4. The number of rotatable bonds is 5. The number of nitrogens with one attached hydrogen (secondary N) is 1. The topological polar surface area (TPSA) is 81.7 Å². The summed E-state index contributed by atoms with van der Waals surface area (Å²) in [6.07, 6.45) is 0.294. The average molecular weight is 405 g/mol. The Balaban J connectivity index is 2.89. The fourth-order valence-electron chi connectivity index (χ4n) is 1.73. The minimum Gasteiger partial charge on any atom is -0.467 e. The first-order valence-electron chi connectivity index (χ1n) is 6.15. The molecule has 0 aliphatic heterocycles. The van der Waals surface area contributed by atoms with Crippen LogP contribution in [0.4, 0.5) is 0 Å². The molecule has 1 aromatic rings. The Bertz CT molecular complexity index is 558. The molecule has 0 aliphatic carbocycles. The van der Waals surface area contributed by atoms with Crippen molar-refractivity contribution in [1.82, 2.24) is 5.32 Å². The Hall–Kier alpha value is -1.64. The fraction of sp³-hybridized carbons (Fsp3) is 0.357. The molecule has 0 fully saturated rings. The number of benzene rings is 1. The van der Waals surface area contributed by atoms with Crippen molar-refractivity contribution in [3.8, 4) is 5.75 Å². The normalized spacial score (nSPS) is 11.4. The van der Waals surface area contributed by atoms with Crippen molar-refractivity contribution in [2.45, 2.75) is 26.3 Å². The summed E-state index contributed by atoms with van der Waals surface area (Å²) in [7, 11) is 1.27. The van der Waals surface area contributed by atoms with Crippen molar-refractivity contribution in [2.75, 3.05) is 7.11 Å². The van der Waals surface area contributed by atoms with Crippen LogP contribution in [0.1, 0.15) is 19.4 Å². The van der Waals surface area contributed by atoms with Crippen LogP contribution in [0.25, 0.3) is 0 Å². The largest absolute Gasteiger partial charge is 0.467 e. The monoisotopic (exact) mass is 405 g/mol. The standard InChI is InChI=1S/C14H16INO5/c1-8(17)16-12(14(19)20-3)7-10-4-5-13(11(15)6-10)21-9(2)18/h4-6,12H,7H2,1-3H3,(H,16,17)/t12-/m0/s1. The Morgan fingerprint density at radius 1 is 1.29 bits per heavy atom. The lowest BCUT2D eigenvalue weighted by molar-refractivity contribution is -0.144. The molecule has 0 spiro atoms. The molecule has 7 heteroatoms. The van der Waals surface area contributed by atoms with Crippen LogP contribution < -0.4 is 10.1 Å². The summed E-state index contributed by atoms with van der Waals surface area (Å²) in [4.78, 5) is 33.7. The number of halogens is 1. The van der Waals surface area contributed by atoms with E-state index in [0.717, 1.165) is 9.13 Å². The van der Waals surface area contributed by atoms with Crippen molar-refractivity contribution in [2.24, 2.45) is 0 Å². The maximum absolute atomic E-state index is 11.6. The van der Waals surface area contributed by atoms with Crippen LogP contribution in [0.5, 0.6) is 5.75 Å². The van der Waals surface area contributed by atoms with Gasteiger partial charge in [-0.3, -0.25) is 9.59 Å². The third-order valence-corrected chi connectivity index (χ3v) is 3.40. The highest BCUT2D eigenvalue weighted by Crippen LogP contribution is 2.23. The number of ether oxygens (including phenoxy) is 2. The molecule has 0 saturated carbocycles. The van der Waals surface area contributed by atoms with E-state index in [1.165, 1.54) is 21.0 Å². The van der Waals surface area contributed by atoms with Crippen LogP contribution in [0.3, 0.4) is 0 Å². The van der Waals surface area contributed by atoms with Crippen LogP contribution in [0.2, 0.25) is 0 Å².